The van der Waals surface area contributed by atoms with Gasteiger partial charge in [-0.1, -0.05) is 26.0 Å². The van der Waals surface area contributed by atoms with Gasteiger partial charge in [0.1, 0.15) is 6.04 Å². The fourth-order valence-electron chi connectivity index (χ4n) is 6.52. The largest absolute Gasteiger partial charge is 0.344 e. The summed E-state index contributed by atoms with van der Waals surface area (Å²) in [5, 5.41) is 3.22. The lowest BCUT2D eigenvalue weighted by Gasteiger charge is -2.56. The molecular formula is C25H36N2O2S. The summed E-state index contributed by atoms with van der Waals surface area (Å²) in [6.07, 6.45) is 9.10. The zero-order valence-corrected chi connectivity index (χ0v) is 19.6. The number of carbonyl (C=O) groups excluding carboxylic acids is 2. The zero-order valence-electron chi connectivity index (χ0n) is 18.8. The molecule has 0 spiro atoms. The van der Waals surface area contributed by atoms with Crippen LogP contribution in [0, 0.1) is 29.1 Å². The maximum absolute atomic E-state index is 13.5. The molecule has 1 N–H and O–H groups in total. The summed E-state index contributed by atoms with van der Waals surface area (Å²) in [5.41, 5.74) is 0.896. The number of benzene rings is 1. The molecule has 0 aliphatic heterocycles. The van der Waals surface area contributed by atoms with E-state index in [1.54, 1.807) is 16.7 Å². The van der Waals surface area contributed by atoms with Crippen molar-refractivity contribution in [1.82, 2.24) is 10.2 Å². The molecule has 4 bridgehead atoms. The number of nitrogens with zero attached hydrogens (tertiary/aromatic N) is 1. The third-order valence-electron chi connectivity index (χ3n) is 7.69. The Bertz CT molecular complexity index is 754. The topological polar surface area (TPSA) is 49.4 Å². The fraction of sp³-hybridized carbons (Fsp3) is 0.680. The van der Waals surface area contributed by atoms with E-state index in [1.165, 1.54) is 24.2 Å². The van der Waals surface area contributed by atoms with Gasteiger partial charge in [-0.15, -0.1) is 11.8 Å². The van der Waals surface area contributed by atoms with Crippen molar-refractivity contribution in [1.29, 1.82) is 0 Å². The number of likely N-dealkylation sites (N-methyl/N-ethyl adjacent to an activating group) is 1. The summed E-state index contributed by atoms with van der Waals surface area (Å²) in [6, 6.07) is 7.88. The van der Waals surface area contributed by atoms with Crippen LogP contribution in [0.4, 0.5) is 0 Å². The second-order valence-electron chi connectivity index (χ2n) is 10.4. The number of nitrogens with one attached hydrogen (secondary N) is 1. The standard InChI is InChI=1S/C25H36N2O2S/c1-16(2)22(23(28)27(3)15-17-5-7-21(30-4)8-6-17)26-24(29)25-12-18-9-19(13-25)11-20(10-18)14-25/h5-8,16,18-20,22H,9-15H2,1-4H3,(H,26,29). The van der Waals surface area contributed by atoms with Gasteiger partial charge in [0.15, 0.2) is 0 Å². The highest BCUT2D eigenvalue weighted by Crippen LogP contribution is 2.60. The highest BCUT2D eigenvalue weighted by molar-refractivity contribution is 7.98. The Kier molecular flexibility index (Phi) is 6.20. The Morgan fingerprint density at radius 1 is 1.07 bits per heavy atom. The number of hydrogen-bond donors (Lipinski definition) is 1. The Morgan fingerprint density at radius 3 is 2.07 bits per heavy atom. The van der Waals surface area contributed by atoms with Crippen LogP contribution in [0.1, 0.15) is 57.9 Å². The van der Waals surface area contributed by atoms with Gasteiger partial charge in [-0.3, -0.25) is 9.59 Å². The molecule has 1 aromatic rings. The predicted octanol–water partition coefficient (Wildman–Crippen LogP) is 4.72. The van der Waals surface area contributed by atoms with Crippen molar-refractivity contribution in [2.75, 3.05) is 13.3 Å². The van der Waals surface area contributed by atoms with Crippen LogP contribution < -0.4 is 5.32 Å². The highest BCUT2D eigenvalue weighted by atomic mass is 32.2. The quantitative estimate of drug-likeness (QED) is 0.639. The Morgan fingerprint density at radius 2 is 1.60 bits per heavy atom. The third kappa shape index (κ3) is 4.28. The maximum Gasteiger partial charge on any atom is 0.245 e. The normalized spacial score (nSPS) is 30.4. The molecule has 0 heterocycles. The number of amides is 2. The number of hydrogen-bond acceptors (Lipinski definition) is 3. The molecule has 2 amide bonds. The summed E-state index contributed by atoms with van der Waals surface area (Å²) >= 11 is 1.71. The van der Waals surface area contributed by atoms with Crippen molar-refractivity contribution in [2.24, 2.45) is 29.1 Å². The SMILES string of the molecule is CSc1ccc(CN(C)C(=O)C(NC(=O)C23CC4CC(CC(C4)C2)C3)C(C)C)cc1. The molecule has 0 saturated heterocycles. The van der Waals surface area contributed by atoms with Crippen molar-refractivity contribution in [3.8, 4) is 0 Å². The molecule has 4 aliphatic carbocycles. The summed E-state index contributed by atoms with van der Waals surface area (Å²) < 4.78 is 0. The molecule has 164 valence electrons. The van der Waals surface area contributed by atoms with E-state index < -0.39 is 6.04 Å². The van der Waals surface area contributed by atoms with Crippen LogP contribution in [0.3, 0.4) is 0 Å². The van der Waals surface area contributed by atoms with E-state index in [1.807, 2.05) is 20.9 Å². The van der Waals surface area contributed by atoms with Gasteiger partial charge in [-0.25, -0.2) is 0 Å². The van der Waals surface area contributed by atoms with Gasteiger partial charge in [0.25, 0.3) is 0 Å². The Balaban J connectivity index is 1.42. The molecule has 1 unspecified atom stereocenters. The van der Waals surface area contributed by atoms with E-state index in [0.717, 1.165) is 42.6 Å². The first-order valence-electron chi connectivity index (χ1n) is 11.5. The lowest BCUT2D eigenvalue weighted by molar-refractivity contribution is -0.150. The van der Waals surface area contributed by atoms with Crippen LogP contribution in [-0.2, 0) is 16.1 Å². The first kappa shape index (κ1) is 21.7. The molecule has 1 atom stereocenters. The molecule has 4 nitrogen and oxygen atoms in total. The van der Waals surface area contributed by atoms with Gasteiger partial charge >= 0.3 is 0 Å². The van der Waals surface area contributed by atoms with E-state index in [9.17, 15) is 9.59 Å². The van der Waals surface area contributed by atoms with E-state index in [4.69, 9.17) is 0 Å². The third-order valence-corrected chi connectivity index (χ3v) is 8.44. The lowest BCUT2D eigenvalue weighted by atomic mass is 9.49. The van der Waals surface area contributed by atoms with Gasteiger partial charge in [-0.2, -0.15) is 0 Å². The van der Waals surface area contributed by atoms with Gasteiger partial charge in [0, 0.05) is 23.9 Å². The number of rotatable bonds is 7. The molecule has 5 rings (SSSR count). The van der Waals surface area contributed by atoms with Gasteiger partial charge < -0.3 is 10.2 Å². The Labute approximate surface area is 185 Å². The van der Waals surface area contributed by atoms with Gasteiger partial charge in [0.05, 0.1) is 0 Å². The van der Waals surface area contributed by atoms with Crippen LogP contribution >= 0.6 is 11.8 Å². The predicted molar refractivity (Wildman–Crippen MR) is 122 cm³/mol. The van der Waals surface area contributed by atoms with Crippen molar-refractivity contribution >= 4 is 23.6 Å². The molecule has 30 heavy (non-hydrogen) atoms. The van der Waals surface area contributed by atoms with E-state index >= 15 is 0 Å². The Hall–Kier alpha value is -1.49. The number of carbonyl (C=O) groups is 2. The molecule has 5 heteroatoms. The first-order valence-corrected chi connectivity index (χ1v) is 12.7. The van der Waals surface area contributed by atoms with Crippen molar-refractivity contribution in [2.45, 2.75) is 69.9 Å². The minimum absolute atomic E-state index is 0.0111. The first-order chi connectivity index (χ1) is 14.3. The van der Waals surface area contributed by atoms with Crippen LogP contribution in [-0.4, -0.2) is 36.1 Å². The van der Waals surface area contributed by atoms with Crippen molar-refractivity contribution < 1.29 is 9.59 Å². The van der Waals surface area contributed by atoms with Crippen LogP contribution in [0.25, 0.3) is 0 Å². The van der Waals surface area contributed by atoms with E-state index in [0.29, 0.717) is 6.54 Å². The molecule has 4 saturated carbocycles. The summed E-state index contributed by atoms with van der Waals surface area (Å²) in [5.74, 6) is 2.39. The van der Waals surface area contributed by atoms with Crippen LogP contribution in [0.5, 0.6) is 0 Å². The van der Waals surface area contributed by atoms with E-state index in [2.05, 4.69) is 35.8 Å². The van der Waals surface area contributed by atoms with Gasteiger partial charge in [-0.05, 0) is 86.1 Å². The van der Waals surface area contributed by atoms with E-state index in [-0.39, 0.29) is 23.1 Å². The van der Waals surface area contributed by atoms with Gasteiger partial charge in [0.2, 0.25) is 11.8 Å². The van der Waals surface area contributed by atoms with Crippen molar-refractivity contribution in [3.05, 3.63) is 29.8 Å². The smallest absolute Gasteiger partial charge is 0.245 e. The molecule has 0 radical (unpaired) electrons. The second-order valence-corrected chi connectivity index (χ2v) is 11.3. The lowest BCUT2D eigenvalue weighted by Crippen LogP contribution is -2.58. The zero-order chi connectivity index (χ0) is 21.5. The summed E-state index contributed by atoms with van der Waals surface area (Å²) in [4.78, 5) is 29.7. The number of thioether (sulfide) groups is 1. The minimum atomic E-state index is -0.457. The fourth-order valence-corrected chi connectivity index (χ4v) is 6.93. The summed E-state index contributed by atoms with van der Waals surface area (Å²) in [6.45, 7) is 4.62. The maximum atomic E-state index is 13.5. The van der Waals surface area contributed by atoms with Crippen LogP contribution in [0.15, 0.2) is 29.2 Å². The average molecular weight is 429 g/mol. The second kappa shape index (κ2) is 8.57. The molecule has 4 aliphatic rings. The molecular weight excluding hydrogens is 392 g/mol. The van der Waals surface area contributed by atoms with Crippen molar-refractivity contribution in [3.63, 3.8) is 0 Å². The molecule has 0 aromatic heterocycles. The summed E-state index contributed by atoms with van der Waals surface area (Å²) in [7, 11) is 1.84. The minimum Gasteiger partial charge on any atom is -0.344 e. The average Bonchev–Trinajstić information content (AvgIpc) is 2.70. The highest BCUT2D eigenvalue weighted by Gasteiger charge is 2.55. The molecule has 4 fully saturated rings. The monoisotopic (exact) mass is 428 g/mol. The van der Waals surface area contributed by atoms with Crippen LogP contribution in [0.2, 0.25) is 0 Å². The molecule has 1 aromatic carbocycles.